The van der Waals surface area contributed by atoms with Crippen molar-refractivity contribution in [3.8, 4) is 33.4 Å². The van der Waals surface area contributed by atoms with E-state index in [9.17, 15) is 0 Å². The molecule has 6 aromatic rings. The normalized spacial score (nSPS) is 12.9. The first kappa shape index (κ1) is 47.6. The predicted octanol–water partition coefficient (Wildman–Crippen LogP) is 9.19. The first-order valence-corrected chi connectivity index (χ1v) is 26.1. The summed E-state index contributed by atoms with van der Waals surface area (Å²) in [5, 5.41) is 0. The van der Waals surface area contributed by atoms with Crippen LogP contribution in [-0.2, 0) is 51.4 Å². The van der Waals surface area contributed by atoms with E-state index in [4.69, 9.17) is 0 Å². The second-order valence-electron chi connectivity index (χ2n) is 20.0. The molecule has 3 heteroatoms. The van der Waals surface area contributed by atoms with Gasteiger partial charge in [0.25, 0.3) is 0 Å². The van der Waals surface area contributed by atoms with Gasteiger partial charge in [-0.15, -0.1) is 0 Å². The van der Waals surface area contributed by atoms with Gasteiger partial charge >= 0.3 is 372 Å². The van der Waals surface area contributed by atoms with Crippen LogP contribution in [0.5, 0.6) is 0 Å². The average molecular weight is 935 g/mol. The van der Waals surface area contributed by atoms with Gasteiger partial charge in [-0.25, -0.2) is 0 Å². The van der Waals surface area contributed by atoms with Crippen LogP contribution in [0.3, 0.4) is 0 Å². The molecule has 0 saturated heterocycles. The van der Waals surface area contributed by atoms with Gasteiger partial charge in [-0.05, 0) is 0 Å². The van der Waals surface area contributed by atoms with E-state index in [-0.39, 0.29) is 35.6 Å². The molecule has 2 aliphatic carbocycles. The van der Waals surface area contributed by atoms with Gasteiger partial charge in [0, 0.05) is 0 Å². The van der Waals surface area contributed by atoms with Crippen molar-refractivity contribution in [3.63, 3.8) is 0 Å². The topological polar surface area (TPSA) is 0 Å². The Bertz CT molecular complexity index is 2600. The van der Waals surface area contributed by atoms with Gasteiger partial charge < -0.3 is 24.8 Å². The molecule has 318 valence electrons. The van der Waals surface area contributed by atoms with Gasteiger partial charge in [0.15, 0.2) is 0 Å². The van der Waals surface area contributed by atoms with Crippen LogP contribution in [0.15, 0.2) is 149 Å². The summed E-state index contributed by atoms with van der Waals surface area (Å²) in [6.07, 6.45) is 11.4. The van der Waals surface area contributed by atoms with Gasteiger partial charge in [0.1, 0.15) is 0 Å². The maximum Gasteiger partial charge on any atom is -1.00 e. The molecule has 0 spiro atoms. The minimum absolute atomic E-state index is 0. The molecule has 0 saturated carbocycles. The van der Waals surface area contributed by atoms with Gasteiger partial charge in [-0.2, -0.15) is 0 Å². The Kier molecular flexibility index (Phi) is 15.0. The van der Waals surface area contributed by atoms with Crippen molar-refractivity contribution in [1.82, 2.24) is 0 Å². The van der Waals surface area contributed by atoms with E-state index >= 15 is 0 Å². The van der Waals surface area contributed by atoms with Crippen LogP contribution in [-0.4, -0.2) is 3.21 Å². The maximum absolute atomic E-state index is 2.97. The van der Waals surface area contributed by atoms with Crippen LogP contribution in [0.25, 0.3) is 33.4 Å². The number of hydrogen-bond donors (Lipinski definition) is 0. The Balaban J connectivity index is 0.00000321. The third-order valence-corrected chi connectivity index (χ3v) is 20.6. The molecule has 0 nitrogen and oxygen atoms in total. The van der Waals surface area contributed by atoms with Crippen LogP contribution >= 0.6 is 0 Å². The van der Waals surface area contributed by atoms with Crippen LogP contribution in [0.1, 0.15) is 132 Å². The number of hydrogen-bond acceptors (Lipinski definition) is 0. The van der Waals surface area contributed by atoms with Gasteiger partial charge in [0.2, 0.25) is 0 Å². The first-order chi connectivity index (χ1) is 28.7. The van der Waals surface area contributed by atoms with E-state index < -0.39 is 21.3 Å². The number of fused-ring (bicyclic) bond motifs is 3. The average Bonchev–Trinajstić information content (AvgIpc) is 3.88. The molecule has 62 heavy (non-hydrogen) atoms. The van der Waals surface area contributed by atoms with Crippen molar-refractivity contribution in [3.05, 3.63) is 193 Å². The molecule has 0 bridgehead atoms. The zero-order chi connectivity index (χ0) is 42.3. The SMILES string of the molecule is CC(C)c1ccccc1-c1cc2c(cc1C(C)(C)C)-c1cc(C(C)(C)C)c(-c3ccccc3C(C)C)[c]([Zr+2]([C]3=CC=CC3)=[C](Cc3ccccc3)Cc3ccccc3)c1C2.[Cl-].[Cl-]. The standard InChI is InChI=1S/C39H45.C15H14.C5H5.2ClH.Zr/c1-24(2)28-15-11-13-17-30(28)34-20-26-19-27-21-35(31-18-14-12-16-29(31)25(3)4)37(39(8,9)10)23-33(27)32(26)22-36(34)38(5,6)7;1-3-8-14(9-4-1)12-7-13-15-10-5-2-6-11-15;1-2-4-5-3-1;;;/h11-18,20,22-25H,19H2,1-10H3;1-6,8-11H,12-13H2;1-3H,4H2;2*1H;/q;;;;;+2/p-2. The van der Waals surface area contributed by atoms with E-state index in [1.54, 1.807) is 20.9 Å². The Hall–Kier alpha value is -3.87. The van der Waals surface area contributed by atoms with E-state index in [1.807, 2.05) is 0 Å². The van der Waals surface area contributed by atoms with Gasteiger partial charge in [-0.1, -0.05) is 0 Å². The van der Waals surface area contributed by atoms with E-state index in [0.29, 0.717) is 11.8 Å². The quantitative estimate of drug-likeness (QED) is 0.129. The monoisotopic (exact) mass is 932 g/mol. The van der Waals surface area contributed by atoms with E-state index in [0.717, 1.165) is 25.7 Å². The molecule has 0 fully saturated rings. The summed E-state index contributed by atoms with van der Waals surface area (Å²) >= 11 is -2.97. The van der Waals surface area contributed by atoms with Gasteiger partial charge in [0.05, 0.1) is 0 Å². The van der Waals surface area contributed by atoms with Crippen LogP contribution in [0.2, 0.25) is 0 Å². The van der Waals surface area contributed by atoms with E-state index in [1.165, 1.54) is 66.8 Å². The Morgan fingerprint density at radius 2 is 1.05 bits per heavy atom. The maximum atomic E-state index is 2.67. The molecule has 6 aromatic carbocycles. The number of rotatable bonds is 10. The summed E-state index contributed by atoms with van der Waals surface area (Å²) in [5.41, 5.74) is 20.3. The molecule has 0 aromatic heterocycles. The zero-order valence-corrected chi connectivity index (χ0v) is 42.6. The summed E-state index contributed by atoms with van der Waals surface area (Å²) < 4.78 is 5.19. The third kappa shape index (κ3) is 9.63. The fourth-order valence-electron chi connectivity index (χ4n) is 9.96. The molecular weight excluding hydrogens is 871 g/mol. The van der Waals surface area contributed by atoms with Crippen molar-refractivity contribution in [1.29, 1.82) is 0 Å². The number of benzene rings is 6. The van der Waals surface area contributed by atoms with Crippen LogP contribution in [0, 0.1) is 0 Å². The smallest absolute Gasteiger partial charge is 1.00 e. The molecule has 2 aliphatic rings. The molecule has 8 rings (SSSR count). The molecule has 0 aliphatic heterocycles. The van der Waals surface area contributed by atoms with Crippen molar-refractivity contribution >= 4 is 6.48 Å². The second-order valence-corrected chi connectivity index (χ2v) is 26.4. The summed E-state index contributed by atoms with van der Waals surface area (Å²) in [4.78, 5) is 0. The minimum Gasteiger partial charge on any atom is -1.00 e. The molecule has 0 radical (unpaired) electrons. The Labute approximate surface area is 394 Å². The van der Waals surface area contributed by atoms with E-state index in [2.05, 4.69) is 215 Å². The van der Waals surface area contributed by atoms with Crippen molar-refractivity contribution < 1.29 is 46.1 Å². The number of halogens is 2. The number of allylic oxidation sites excluding steroid dienone is 4. The van der Waals surface area contributed by atoms with Crippen molar-refractivity contribution in [2.45, 2.75) is 118 Å². The van der Waals surface area contributed by atoms with Crippen LogP contribution in [0.4, 0.5) is 0 Å². The van der Waals surface area contributed by atoms with Crippen LogP contribution < -0.4 is 28.1 Å². The Morgan fingerprint density at radius 3 is 1.56 bits per heavy atom. The first-order valence-electron chi connectivity index (χ1n) is 22.4. The zero-order valence-electron chi connectivity index (χ0n) is 38.6. The summed E-state index contributed by atoms with van der Waals surface area (Å²) in [6, 6.07) is 49.2. The minimum atomic E-state index is -2.97. The van der Waals surface area contributed by atoms with Gasteiger partial charge in [-0.3, -0.25) is 0 Å². The largest absolute Gasteiger partial charge is 1.00 e. The predicted molar refractivity (Wildman–Crippen MR) is 258 cm³/mol. The molecule has 0 unspecified atom stereocenters. The summed E-state index contributed by atoms with van der Waals surface area (Å²) in [6.45, 7) is 24.0. The fraction of sp³-hybridized carbons (Fsp3) is 0.305. The second kappa shape index (κ2) is 19.5. The molecule has 0 heterocycles. The molecular formula is C59H64Cl2Zr. The van der Waals surface area contributed by atoms with Crippen molar-refractivity contribution in [2.75, 3.05) is 0 Å². The third-order valence-electron chi connectivity index (χ3n) is 12.9. The molecule has 0 amide bonds. The summed E-state index contributed by atoms with van der Waals surface area (Å²) in [5.74, 6) is 0.844. The summed E-state index contributed by atoms with van der Waals surface area (Å²) in [7, 11) is 0. The molecule has 0 atom stereocenters. The fourth-order valence-corrected chi connectivity index (χ4v) is 18.6. The molecule has 0 N–H and O–H groups in total. The Morgan fingerprint density at radius 1 is 0.548 bits per heavy atom. The van der Waals surface area contributed by atoms with Crippen molar-refractivity contribution in [2.24, 2.45) is 0 Å².